The smallest absolute Gasteiger partial charge is 0.339 e. The standard InChI is InChI=1S/C16H19FN2O4S/c1-9(2)14-12(15(20)21)13(10-5-7-11(17)8-6-10)18-16(19(14)3)24(4,22)23/h5-9,16H,1-4H3,(H,20,21). The molecule has 6 nitrogen and oxygen atoms in total. The molecule has 0 bridgehead atoms. The van der Waals surface area contributed by atoms with Gasteiger partial charge in [0.1, 0.15) is 11.4 Å². The molecule has 24 heavy (non-hydrogen) atoms. The summed E-state index contributed by atoms with van der Waals surface area (Å²) in [7, 11) is -2.09. The number of carboxylic acid groups (broad SMARTS) is 1. The lowest BCUT2D eigenvalue weighted by Gasteiger charge is -2.36. The van der Waals surface area contributed by atoms with Gasteiger partial charge in [-0.05, 0) is 30.2 Å². The lowest BCUT2D eigenvalue weighted by molar-refractivity contribution is -0.132. The van der Waals surface area contributed by atoms with Crippen LogP contribution in [0.25, 0.3) is 0 Å². The maximum atomic E-state index is 13.2. The van der Waals surface area contributed by atoms with Crippen LogP contribution in [0.1, 0.15) is 19.4 Å². The molecule has 0 radical (unpaired) electrons. The zero-order valence-corrected chi connectivity index (χ0v) is 14.6. The van der Waals surface area contributed by atoms with Crippen LogP contribution in [-0.2, 0) is 14.6 Å². The van der Waals surface area contributed by atoms with Crippen molar-refractivity contribution in [3.05, 3.63) is 46.9 Å². The summed E-state index contributed by atoms with van der Waals surface area (Å²) in [6, 6.07) is 5.14. The number of hydrogen-bond acceptors (Lipinski definition) is 5. The molecule has 1 aromatic carbocycles. The Morgan fingerprint density at radius 2 is 1.83 bits per heavy atom. The van der Waals surface area contributed by atoms with Crippen molar-refractivity contribution in [3.63, 3.8) is 0 Å². The van der Waals surface area contributed by atoms with Gasteiger partial charge in [-0.15, -0.1) is 0 Å². The Labute approximate surface area is 140 Å². The predicted molar refractivity (Wildman–Crippen MR) is 88.8 cm³/mol. The third kappa shape index (κ3) is 3.33. The first kappa shape index (κ1) is 18.1. The van der Waals surface area contributed by atoms with Crippen LogP contribution in [0.5, 0.6) is 0 Å². The van der Waals surface area contributed by atoms with E-state index >= 15 is 0 Å². The summed E-state index contributed by atoms with van der Waals surface area (Å²) in [5, 5.41) is 9.66. The third-order valence-electron chi connectivity index (χ3n) is 3.71. The Balaban J connectivity index is 2.78. The molecule has 8 heteroatoms. The highest BCUT2D eigenvalue weighted by atomic mass is 32.2. The van der Waals surface area contributed by atoms with E-state index in [0.717, 1.165) is 6.26 Å². The van der Waals surface area contributed by atoms with Crippen molar-refractivity contribution in [2.24, 2.45) is 10.9 Å². The van der Waals surface area contributed by atoms with Gasteiger partial charge >= 0.3 is 5.97 Å². The molecule has 1 heterocycles. The number of carbonyl (C=O) groups is 1. The molecule has 1 aliphatic rings. The summed E-state index contributed by atoms with van der Waals surface area (Å²) < 4.78 is 37.4. The quantitative estimate of drug-likeness (QED) is 0.892. The Hall–Kier alpha value is -2.22. The van der Waals surface area contributed by atoms with Crippen molar-refractivity contribution in [2.45, 2.75) is 19.3 Å². The van der Waals surface area contributed by atoms with E-state index in [1.54, 1.807) is 13.8 Å². The van der Waals surface area contributed by atoms with Crippen LogP contribution in [0.2, 0.25) is 0 Å². The molecule has 0 spiro atoms. The number of sulfone groups is 1. The van der Waals surface area contributed by atoms with Crippen molar-refractivity contribution in [3.8, 4) is 0 Å². The summed E-state index contributed by atoms with van der Waals surface area (Å²) in [4.78, 5) is 17.4. The second kappa shape index (κ2) is 6.35. The first-order chi connectivity index (χ1) is 11.0. The van der Waals surface area contributed by atoms with Gasteiger partial charge in [-0.25, -0.2) is 22.6 Å². The largest absolute Gasteiger partial charge is 0.478 e. The molecule has 0 aliphatic carbocycles. The number of halogens is 1. The molecular weight excluding hydrogens is 335 g/mol. The molecule has 1 aromatic rings. The van der Waals surface area contributed by atoms with E-state index in [-0.39, 0.29) is 17.2 Å². The molecule has 1 unspecified atom stereocenters. The van der Waals surface area contributed by atoms with E-state index in [1.807, 2.05) is 0 Å². The Morgan fingerprint density at radius 1 is 1.29 bits per heavy atom. The van der Waals surface area contributed by atoms with Crippen molar-refractivity contribution in [1.82, 2.24) is 4.90 Å². The lowest BCUT2D eigenvalue weighted by atomic mass is 9.94. The summed E-state index contributed by atoms with van der Waals surface area (Å²) in [5.74, 6) is -1.92. The van der Waals surface area contributed by atoms with E-state index in [0.29, 0.717) is 11.3 Å². The van der Waals surface area contributed by atoms with Gasteiger partial charge in [0, 0.05) is 24.6 Å². The fourth-order valence-corrected chi connectivity index (χ4v) is 3.78. The molecule has 0 amide bonds. The number of nitrogens with zero attached hydrogens (tertiary/aromatic N) is 2. The first-order valence-corrected chi connectivity index (χ1v) is 9.22. The highest BCUT2D eigenvalue weighted by Gasteiger charge is 2.37. The molecule has 2 rings (SSSR count). The summed E-state index contributed by atoms with van der Waals surface area (Å²) in [5.41, 5.74) is -0.530. The number of aliphatic imine (C=N–C) groups is 1. The number of carboxylic acids is 1. The van der Waals surface area contributed by atoms with Crippen molar-refractivity contribution in [2.75, 3.05) is 13.3 Å². The van der Waals surface area contributed by atoms with Gasteiger partial charge in [-0.1, -0.05) is 13.8 Å². The van der Waals surface area contributed by atoms with Crippen LogP contribution in [0.15, 0.2) is 40.5 Å². The maximum Gasteiger partial charge on any atom is 0.339 e. The topological polar surface area (TPSA) is 87.0 Å². The molecule has 0 aromatic heterocycles. The SMILES string of the molecule is CC(C)C1=C(C(=O)O)C(c2ccc(F)cc2)=NC(S(C)(=O)=O)N1C. The number of benzene rings is 1. The average Bonchev–Trinajstić information content (AvgIpc) is 2.45. The molecule has 0 fully saturated rings. The van der Waals surface area contributed by atoms with Crippen LogP contribution in [-0.4, -0.2) is 48.9 Å². The van der Waals surface area contributed by atoms with Gasteiger partial charge in [0.2, 0.25) is 5.50 Å². The molecule has 130 valence electrons. The average molecular weight is 354 g/mol. The summed E-state index contributed by atoms with van der Waals surface area (Å²) >= 11 is 0. The van der Waals surface area contributed by atoms with Crippen LogP contribution in [0.4, 0.5) is 4.39 Å². The van der Waals surface area contributed by atoms with Gasteiger partial charge in [0.25, 0.3) is 0 Å². The molecular formula is C16H19FN2O4S. The Kier molecular flexibility index (Phi) is 4.80. The van der Waals surface area contributed by atoms with Crippen LogP contribution in [0.3, 0.4) is 0 Å². The maximum absolute atomic E-state index is 13.2. The summed E-state index contributed by atoms with van der Waals surface area (Å²) in [6.07, 6.45) is 1.05. The zero-order valence-electron chi connectivity index (χ0n) is 13.8. The molecule has 1 N–H and O–H groups in total. The van der Waals surface area contributed by atoms with Gasteiger partial charge in [0.15, 0.2) is 9.84 Å². The van der Waals surface area contributed by atoms with E-state index in [9.17, 15) is 22.7 Å². The van der Waals surface area contributed by atoms with Gasteiger partial charge < -0.3 is 10.0 Å². The third-order valence-corrected chi connectivity index (χ3v) is 4.89. The fourth-order valence-electron chi connectivity index (χ4n) is 2.79. The summed E-state index contributed by atoms with van der Waals surface area (Å²) in [6.45, 7) is 3.56. The molecule has 1 atom stereocenters. The van der Waals surface area contributed by atoms with Crippen LogP contribution < -0.4 is 0 Å². The van der Waals surface area contributed by atoms with E-state index < -0.39 is 27.1 Å². The monoisotopic (exact) mass is 354 g/mol. The number of rotatable bonds is 4. The lowest BCUT2D eigenvalue weighted by Crippen LogP contribution is -2.43. The van der Waals surface area contributed by atoms with Crippen molar-refractivity contribution >= 4 is 21.5 Å². The van der Waals surface area contributed by atoms with E-state index in [4.69, 9.17) is 0 Å². The molecule has 0 saturated heterocycles. The van der Waals surface area contributed by atoms with Crippen molar-refractivity contribution in [1.29, 1.82) is 0 Å². The van der Waals surface area contributed by atoms with Gasteiger partial charge in [0.05, 0.1) is 5.71 Å². The highest BCUT2D eigenvalue weighted by Crippen LogP contribution is 2.31. The zero-order chi connectivity index (χ0) is 18.2. The normalized spacial score (nSPS) is 18.8. The first-order valence-electron chi connectivity index (χ1n) is 7.27. The second-order valence-corrected chi connectivity index (χ2v) is 8.05. The van der Waals surface area contributed by atoms with E-state index in [2.05, 4.69) is 4.99 Å². The number of aliphatic carboxylic acids is 1. The van der Waals surface area contributed by atoms with Gasteiger partial charge in [-0.3, -0.25) is 0 Å². The predicted octanol–water partition coefficient (Wildman–Crippen LogP) is 1.88. The minimum atomic E-state index is -3.60. The number of allylic oxidation sites excluding steroid dienone is 1. The highest BCUT2D eigenvalue weighted by molar-refractivity contribution is 7.91. The molecule has 1 aliphatic heterocycles. The van der Waals surface area contributed by atoms with E-state index in [1.165, 1.54) is 36.2 Å². The van der Waals surface area contributed by atoms with Crippen molar-refractivity contribution < 1.29 is 22.7 Å². The fraction of sp³-hybridized carbons (Fsp3) is 0.375. The van der Waals surface area contributed by atoms with Crippen LogP contribution >= 0.6 is 0 Å². The van der Waals surface area contributed by atoms with Crippen LogP contribution in [0, 0.1) is 11.7 Å². The number of hydrogen-bond donors (Lipinski definition) is 1. The van der Waals surface area contributed by atoms with Gasteiger partial charge in [-0.2, -0.15) is 0 Å². The Bertz CT molecular complexity index is 826. The minimum absolute atomic E-state index is 0.0414. The molecule has 0 saturated carbocycles. The minimum Gasteiger partial charge on any atom is -0.478 e. The Morgan fingerprint density at radius 3 is 2.25 bits per heavy atom. The second-order valence-electron chi connectivity index (χ2n) is 5.97.